The van der Waals surface area contributed by atoms with Crippen molar-refractivity contribution in [2.75, 3.05) is 0 Å². The zero-order valence-electron chi connectivity index (χ0n) is 14.5. The summed E-state index contributed by atoms with van der Waals surface area (Å²) >= 11 is 10.5. The van der Waals surface area contributed by atoms with Gasteiger partial charge in [-0.3, -0.25) is 4.79 Å². The molecule has 5 aromatic rings. The van der Waals surface area contributed by atoms with Crippen LogP contribution in [0.3, 0.4) is 0 Å². The van der Waals surface area contributed by atoms with Crippen molar-refractivity contribution in [2.24, 2.45) is 5.73 Å². The van der Waals surface area contributed by atoms with Crippen LogP contribution in [-0.2, 0) is 0 Å². The molecule has 0 saturated heterocycles. The highest BCUT2D eigenvalue weighted by Gasteiger charge is 2.28. The van der Waals surface area contributed by atoms with Crippen LogP contribution in [0.1, 0.15) is 20.7 Å². The van der Waals surface area contributed by atoms with Crippen LogP contribution in [0.4, 0.5) is 0 Å². The number of aromatic carboxylic acids is 1. The molecule has 7 heteroatoms. The number of carbonyl (C=O) groups excluding carboxylic acids is 1. The molecule has 0 spiro atoms. The maximum Gasteiger partial charge on any atom is 0.337 e. The molecule has 0 unspecified atom stereocenters. The lowest BCUT2D eigenvalue weighted by Crippen LogP contribution is -2.15. The van der Waals surface area contributed by atoms with Crippen LogP contribution in [0.15, 0.2) is 55.9 Å². The van der Waals surface area contributed by atoms with Crippen molar-refractivity contribution in [2.45, 2.75) is 0 Å². The highest BCUT2D eigenvalue weighted by Crippen LogP contribution is 2.49. The number of hydrogen-bond donors (Lipinski definition) is 2. The van der Waals surface area contributed by atoms with Gasteiger partial charge < -0.3 is 10.8 Å². The van der Waals surface area contributed by atoms with Crippen molar-refractivity contribution in [3.63, 3.8) is 0 Å². The predicted molar refractivity (Wildman–Crippen MR) is 126 cm³/mol. The molecule has 142 valence electrons. The Balaban J connectivity index is 2.30. The Kier molecular flexibility index (Phi) is 4.14. The fraction of sp³-hybridized carbons (Fsp3) is 0. The molecular weight excluding hydrogens is 566 g/mol. The summed E-state index contributed by atoms with van der Waals surface area (Å²) in [5, 5.41) is 16.8. The van der Waals surface area contributed by atoms with E-state index in [1.54, 1.807) is 0 Å². The van der Waals surface area contributed by atoms with Gasteiger partial charge in [-0.15, -0.1) is 0 Å². The SMILES string of the molecule is NC(=O)c1c(Br)c(Br)c2c3cccc4cccc(c5cc(Br)c(C(=O)O)c1c52)c43. The van der Waals surface area contributed by atoms with Crippen LogP contribution in [0.5, 0.6) is 0 Å². The van der Waals surface area contributed by atoms with Gasteiger partial charge >= 0.3 is 5.97 Å². The van der Waals surface area contributed by atoms with Gasteiger partial charge in [0.25, 0.3) is 5.91 Å². The van der Waals surface area contributed by atoms with Gasteiger partial charge in [0.15, 0.2) is 0 Å². The van der Waals surface area contributed by atoms with Crippen molar-refractivity contribution in [3.8, 4) is 0 Å². The van der Waals surface area contributed by atoms with Gasteiger partial charge in [0.2, 0.25) is 0 Å². The van der Waals surface area contributed by atoms with E-state index < -0.39 is 11.9 Å². The summed E-state index contributed by atoms with van der Waals surface area (Å²) < 4.78 is 1.50. The summed E-state index contributed by atoms with van der Waals surface area (Å²) in [7, 11) is 0. The molecule has 5 rings (SSSR count). The molecule has 0 aliphatic rings. The fourth-order valence-electron chi connectivity index (χ4n) is 4.28. The summed E-state index contributed by atoms with van der Waals surface area (Å²) in [5.74, 6) is -1.84. The highest BCUT2D eigenvalue weighted by molar-refractivity contribution is 9.13. The molecule has 0 aliphatic heterocycles. The molecule has 5 aromatic carbocycles. The number of carbonyl (C=O) groups is 2. The third-order valence-corrected chi connectivity index (χ3v) is 8.08. The lowest BCUT2D eigenvalue weighted by atomic mass is 9.86. The lowest BCUT2D eigenvalue weighted by molar-refractivity contribution is 0.0698. The lowest BCUT2D eigenvalue weighted by Gasteiger charge is -2.20. The second-order valence-electron chi connectivity index (χ2n) is 6.79. The summed E-state index contributed by atoms with van der Waals surface area (Å²) in [4.78, 5) is 24.6. The van der Waals surface area contributed by atoms with E-state index >= 15 is 0 Å². The van der Waals surface area contributed by atoms with E-state index in [1.165, 1.54) is 0 Å². The van der Waals surface area contributed by atoms with Crippen LogP contribution < -0.4 is 5.73 Å². The molecule has 0 aliphatic carbocycles. The molecule has 0 radical (unpaired) electrons. The maximum absolute atomic E-state index is 12.4. The summed E-state index contributed by atoms with van der Waals surface area (Å²) in [6.45, 7) is 0. The first-order valence-corrected chi connectivity index (χ1v) is 10.9. The third-order valence-electron chi connectivity index (χ3n) is 5.34. The number of benzene rings is 5. The Morgan fingerprint density at radius 3 is 2.03 bits per heavy atom. The zero-order valence-corrected chi connectivity index (χ0v) is 19.3. The number of rotatable bonds is 2. The molecule has 0 heterocycles. The van der Waals surface area contributed by atoms with E-state index in [4.69, 9.17) is 5.73 Å². The van der Waals surface area contributed by atoms with E-state index in [9.17, 15) is 14.7 Å². The number of carboxylic acids is 1. The average molecular weight is 576 g/mol. The van der Waals surface area contributed by atoms with Crippen molar-refractivity contribution < 1.29 is 14.7 Å². The third kappa shape index (κ3) is 2.41. The molecule has 29 heavy (non-hydrogen) atoms. The molecule has 3 N–H and O–H groups in total. The summed E-state index contributed by atoms with van der Waals surface area (Å²) in [6.07, 6.45) is 0. The van der Waals surface area contributed by atoms with E-state index in [0.29, 0.717) is 24.2 Å². The number of halogens is 3. The number of hydrogen-bond acceptors (Lipinski definition) is 2. The Hall–Kier alpha value is -2.22. The molecular formula is C22H10Br3NO3. The quantitative estimate of drug-likeness (QED) is 0.179. The molecule has 0 bridgehead atoms. The molecule has 0 atom stereocenters. The van der Waals surface area contributed by atoms with Crippen LogP contribution in [-0.4, -0.2) is 17.0 Å². The second-order valence-corrected chi connectivity index (χ2v) is 9.23. The molecule has 1 amide bonds. The largest absolute Gasteiger partial charge is 0.478 e. The van der Waals surface area contributed by atoms with Gasteiger partial charge in [0, 0.05) is 29.6 Å². The first-order chi connectivity index (χ1) is 13.8. The van der Waals surface area contributed by atoms with Crippen LogP contribution >= 0.6 is 47.8 Å². The molecule has 0 saturated carbocycles. The smallest absolute Gasteiger partial charge is 0.337 e. The first kappa shape index (κ1) is 18.8. The van der Waals surface area contributed by atoms with Crippen molar-refractivity contribution >= 4 is 103 Å². The first-order valence-electron chi connectivity index (χ1n) is 8.55. The maximum atomic E-state index is 12.4. The van der Waals surface area contributed by atoms with E-state index in [1.807, 2.05) is 42.5 Å². The van der Waals surface area contributed by atoms with Gasteiger partial charge in [0.05, 0.1) is 11.1 Å². The molecule has 0 fully saturated rings. The number of amides is 1. The second kappa shape index (κ2) is 6.39. The Bertz CT molecular complexity index is 1540. The minimum atomic E-state index is -1.14. The Labute approximate surface area is 189 Å². The van der Waals surface area contributed by atoms with Gasteiger partial charge in [0.1, 0.15) is 0 Å². The van der Waals surface area contributed by atoms with Crippen LogP contribution in [0.25, 0.3) is 43.1 Å². The normalized spacial score (nSPS) is 11.8. The number of nitrogens with two attached hydrogens (primary N) is 1. The topological polar surface area (TPSA) is 80.4 Å². The van der Waals surface area contributed by atoms with E-state index in [2.05, 4.69) is 47.8 Å². The van der Waals surface area contributed by atoms with E-state index in [-0.39, 0.29) is 11.1 Å². The van der Waals surface area contributed by atoms with Crippen molar-refractivity contribution in [3.05, 3.63) is 67.0 Å². The molecule has 0 aromatic heterocycles. The summed E-state index contributed by atoms with van der Waals surface area (Å²) in [6, 6.07) is 13.9. The van der Waals surface area contributed by atoms with Gasteiger partial charge in [-0.25, -0.2) is 4.79 Å². The average Bonchev–Trinajstić information content (AvgIpc) is 2.67. The number of fused-ring (bicyclic) bond motifs is 2. The minimum Gasteiger partial charge on any atom is -0.478 e. The summed E-state index contributed by atoms with van der Waals surface area (Å²) in [5.41, 5.74) is 5.85. The Morgan fingerprint density at radius 1 is 0.759 bits per heavy atom. The van der Waals surface area contributed by atoms with Gasteiger partial charge in [-0.1, -0.05) is 36.4 Å². The number of carboxylic acid groups (broad SMARTS) is 1. The Morgan fingerprint density at radius 2 is 1.41 bits per heavy atom. The molecule has 4 nitrogen and oxygen atoms in total. The van der Waals surface area contributed by atoms with Crippen molar-refractivity contribution in [1.82, 2.24) is 0 Å². The predicted octanol–water partition coefficient (Wildman–Crippen LogP) is 6.82. The standard InChI is InChI=1S/C22H10Br3NO3/c23-12-7-11-9-5-1-3-8-4-2-6-10(13(8)9)15-14(11)17(16(12)22(28)29)18(21(26)27)20(25)19(15)24/h1-7H,(H2,26,27)(H,28,29). The monoisotopic (exact) mass is 573 g/mol. The van der Waals surface area contributed by atoms with Gasteiger partial charge in [-0.2, -0.15) is 0 Å². The zero-order chi connectivity index (χ0) is 20.6. The highest BCUT2D eigenvalue weighted by atomic mass is 79.9. The van der Waals surface area contributed by atoms with Gasteiger partial charge in [-0.05, 0) is 80.8 Å². The fourth-order valence-corrected chi connectivity index (χ4v) is 6.08. The number of primary amides is 1. The minimum absolute atomic E-state index is 0.0126. The van der Waals surface area contributed by atoms with Crippen LogP contribution in [0, 0.1) is 0 Å². The van der Waals surface area contributed by atoms with Crippen molar-refractivity contribution in [1.29, 1.82) is 0 Å². The van der Waals surface area contributed by atoms with E-state index in [0.717, 1.165) is 32.3 Å². The van der Waals surface area contributed by atoms with Crippen LogP contribution in [0.2, 0.25) is 0 Å².